The number of rotatable bonds is 10. The maximum absolute atomic E-state index is 14.1. The predicted molar refractivity (Wildman–Crippen MR) is 151 cm³/mol. The Hall–Kier alpha value is -4.46. The van der Waals surface area contributed by atoms with Crippen LogP contribution in [0.5, 0.6) is 5.75 Å². The second-order valence-corrected chi connectivity index (χ2v) is 10.2. The number of nitrogens with one attached hydrogen (secondary N) is 1. The molecule has 2 heterocycles. The van der Waals surface area contributed by atoms with Crippen molar-refractivity contribution in [3.8, 4) is 5.75 Å². The number of hydrogen-bond donors (Lipinski definition) is 2. The number of primary amides is 1. The van der Waals surface area contributed by atoms with Crippen molar-refractivity contribution in [2.75, 3.05) is 13.2 Å². The molecular formula is C32H34N4O4. The summed E-state index contributed by atoms with van der Waals surface area (Å²) in [6.45, 7) is 0.404. The Kier molecular flexibility index (Phi) is 8.54. The van der Waals surface area contributed by atoms with Crippen LogP contribution in [-0.2, 0) is 16.1 Å². The van der Waals surface area contributed by atoms with E-state index in [0.29, 0.717) is 29.0 Å². The van der Waals surface area contributed by atoms with Crippen LogP contribution in [0.15, 0.2) is 84.6 Å². The van der Waals surface area contributed by atoms with Crippen molar-refractivity contribution in [1.82, 2.24) is 15.2 Å². The molecule has 2 unspecified atom stereocenters. The van der Waals surface area contributed by atoms with E-state index >= 15 is 0 Å². The van der Waals surface area contributed by atoms with Gasteiger partial charge in [0.05, 0.1) is 24.2 Å². The van der Waals surface area contributed by atoms with Gasteiger partial charge in [0.25, 0.3) is 11.8 Å². The first-order valence-corrected chi connectivity index (χ1v) is 13.8. The molecule has 1 aliphatic carbocycles. The average Bonchev–Trinajstić information content (AvgIpc) is 2.99. The lowest BCUT2D eigenvalue weighted by atomic mass is 9.78. The third kappa shape index (κ3) is 6.06. The highest BCUT2D eigenvalue weighted by Crippen LogP contribution is 2.46. The van der Waals surface area contributed by atoms with Gasteiger partial charge in [-0.25, -0.2) is 0 Å². The number of ether oxygens (including phenoxy) is 1. The van der Waals surface area contributed by atoms with Crippen LogP contribution in [0.25, 0.3) is 0 Å². The van der Waals surface area contributed by atoms with Gasteiger partial charge in [0.15, 0.2) is 6.61 Å². The first kappa shape index (κ1) is 27.1. The van der Waals surface area contributed by atoms with Crippen LogP contribution in [0, 0.1) is 0 Å². The van der Waals surface area contributed by atoms with Crippen molar-refractivity contribution in [1.29, 1.82) is 0 Å². The SMILES string of the molecule is NC(=O)COc1ccccc1C1C(C(=O)NCc2ccccn2)c2ccccc2C(=O)N1CCC1=CCCCC1. The van der Waals surface area contributed by atoms with Crippen LogP contribution in [-0.4, -0.2) is 40.8 Å². The minimum absolute atomic E-state index is 0.129. The molecule has 0 bridgehead atoms. The molecule has 3 amide bonds. The molecule has 1 aliphatic heterocycles. The first-order valence-electron chi connectivity index (χ1n) is 13.8. The number of nitrogens with zero attached hydrogens (tertiary/aromatic N) is 2. The van der Waals surface area contributed by atoms with E-state index in [4.69, 9.17) is 10.5 Å². The average molecular weight is 539 g/mol. The molecule has 8 heteroatoms. The third-order valence-corrected chi connectivity index (χ3v) is 7.56. The molecule has 206 valence electrons. The highest BCUT2D eigenvalue weighted by molar-refractivity contribution is 6.01. The quantitative estimate of drug-likeness (QED) is 0.371. The second-order valence-electron chi connectivity index (χ2n) is 10.2. The molecule has 0 spiro atoms. The van der Waals surface area contributed by atoms with Gasteiger partial charge in [0, 0.05) is 23.9 Å². The van der Waals surface area contributed by atoms with Crippen molar-refractivity contribution in [2.24, 2.45) is 5.73 Å². The zero-order chi connectivity index (χ0) is 27.9. The standard InChI is InChI=1S/C32H34N4O4/c33-28(37)21-40-27-16-7-6-15-26(27)30-29(31(38)35-20-23-12-8-9-18-34-23)24-13-4-5-14-25(24)32(39)36(30)19-17-22-10-2-1-3-11-22/h4-10,12-16,18,29-30H,1-3,11,17,19-21H2,(H2,33,37)(H,35,38). The Morgan fingerprint density at radius 2 is 1.77 bits per heavy atom. The molecule has 2 aromatic carbocycles. The van der Waals surface area contributed by atoms with Crippen molar-refractivity contribution in [3.63, 3.8) is 0 Å². The smallest absolute Gasteiger partial charge is 0.255 e. The van der Waals surface area contributed by atoms with Gasteiger partial charge in [-0.3, -0.25) is 19.4 Å². The number of fused-ring (bicyclic) bond motifs is 1. The Bertz CT molecular complexity index is 1400. The lowest BCUT2D eigenvalue weighted by molar-refractivity contribution is -0.124. The summed E-state index contributed by atoms with van der Waals surface area (Å²) < 4.78 is 5.81. The molecule has 0 radical (unpaired) electrons. The summed E-state index contributed by atoms with van der Waals surface area (Å²) in [5.74, 6) is -1.25. The maximum atomic E-state index is 14.1. The number of allylic oxidation sites excluding steroid dienone is 1. The molecule has 1 aromatic heterocycles. The van der Waals surface area contributed by atoms with E-state index in [1.807, 2.05) is 48.5 Å². The monoisotopic (exact) mass is 538 g/mol. The molecular weight excluding hydrogens is 504 g/mol. The minimum atomic E-state index is -0.712. The number of aromatic nitrogens is 1. The number of para-hydroxylation sites is 1. The van der Waals surface area contributed by atoms with E-state index in [-0.39, 0.29) is 25.0 Å². The third-order valence-electron chi connectivity index (χ3n) is 7.56. The number of benzene rings is 2. The summed E-state index contributed by atoms with van der Waals surface area (Å²) in [7, 11) is 0. The predicted octanol–water partition coefficient (Wildman–Crippen LogP) is 4.43. The molecule has 8 nitrogen and oxygen atoms in total. The fourth-order valence-corrected chi connectivity index (χ4v) is 5.66. The Labute approximate surface area is 234 Å². The molecule has 2 aliphatic rings. The number of carbonyl (C=O) groups excluding carboxylic acids is 3. The van der Waals surface area contributed by atoms with E-state index in [9.17, 15) is 14.4 Å². The molecule has 0 saturated carbocycles. The van der Waals surface area contributed by atoms with Crippen molar-refractivity contribution < 1.29 is 19.1 Å². The first-order chi connectivity index (χ1) is 19.5. The van der Waals surface area contributed by atoms with Crippen molar-refractivity contribution in [3.05, 3.63) is 107 Å². The van der Waals surface area contributed by atoms with E-state index in [1.54, 1.807) is 29.3 Å². The molecule has 0 saturated heterocycles. The fraction of sp³-hybridized carbons (Fsp3) is 0.312. The van der Waals surface area contributed by atoms with Gasteiger partial charge in [-0.1, -0.05) is 54.1 Å². The van der Waals surface area contributed by atoms with Gasteiger partial charge in [-0.15, -0.1) is 0 Å². The Morgan fingerprint density at radius 1 is 1.00 bits per heavy atom. The van der Waals surface area contributed by atoms with Gasteiger partial charge in [0.2, 0.25) is 5.91 Å². The molecule has 3 aromatic rings. The maximum Gasteiger partial charge on any atom is 0.255 e. The van der Waals surface area contributed by atoms with E-state index in [2.05, 4.69) is 16.4 Å². The van der Waals surface area contributed by atoms with Crippen LogP contribution < -0.4 is 15.8 Å². The van der Waals surface area contributed by atoms with Gasteiger partial charge in [0.1, 0.15) is 5.75 Å². The Balaban J connectivity index is 1.57. The largest absolute Gasteiger partial charge is 0.483 e. The van der Waals surface area contributed by atoms with Gasteiger partial charge >= 0.3 is 0 Å². The van der Waals surface area contributed by atoms with E-state index < -0.39 is 17.9 Å². The zero-order valence-electron chi connectivity index (χ0n) is 22.4. The fourth-order valence-electron chi connectivity index (χ4n) is 5.66. The normalized spacial score (nSPS) is 18.4. The zero-order valence-corrected chi connectivity index (χ0v) is 22.4. The summed E-state index contributed by atoms with van der Waals surface area (Å²) in [4.78, 5) is 45.8. The van der Waals surface area contributed by atoms with Gasteiger partial charge in [-0.2, -0.15) is 0 Å². The highest BCUT2D eigenvalue weighted by atomic mass is 16.5. The number of nitrogens with two attached hydrogens (primary N) is 1. The van der Waals surface area contributed by atoms with E-state index in [1.165, 1.54) is 12.0 Å². The molecule has 2 atom stereocenters. The van der Waals surface area contributed by atoms with Crippen LogP contribution in [0.2, 0.25) is 0 Å². The number of carbonyl (C=O) groups is 3. The second kappa shape index (κ2) is 12.6. The summed E-state index contributed by atoms with van der Waals surface area (Å²) >= 11 is 0. The lowest BCUT2D eigenvalue weighted by Crippen LogP contribution is -2.48. The lowest BCUT2D eigenvalue weighted by Gasteiger charge is -2.42. The van der Waals surface area contributed by atoms with Crippen molar-refractivity contribution in [2.45, 2.75) is 50.6 Å². The van der Waals surface area contributed by atoms with Crippen LogP contribution in [0.1, 0.15) is 71.2 Å². The minimum Gasteiger partial charge on any atom is -0.483 e. The van der Waals surface area contributed by atoms with E-state index in [0.717, 1.165) is 31.4 Å². The van der Waals surface area contributed by atoms with Crippen LogP contribution in [0.3, 0.4) is 0 Å². The van der Waals surface area contributed by atoms with Crippen LogP contribution in [0.4, 0.5) is 0 Å². The molecule has 3 N–H and O–H groups in total. The molecule has 0 fully saturated rings. The summed E-state index contributed by atoms with van der Waals surface area (Å²) in [6, 6.07) is 19.5. The Morgan fingerprint density at radius 3 is 2.52 bits per heavy atom. The summed E-state index contributed by atoms with van der Waals surface area (Å²) in [5, 5.41) is 3.05. The number of amides is 3. The summed E-state index contributed by atoms with van der Waals surface area (Å²) in [5.41, 5.74) is 9.29. The van der Waals surface area contributed by atoms with Gasteiger partial charge < -0.3 is 20.7 Å². The number of pyridine rings is 1. The number of hydrogen-bond acceptors (Lipinski definition) is 5. The molecule has 5 rings (SSSR count). The summed E-state index contributed by atoms with van der Waals surface area (Å²) in [6.07, 6.45) is 9.11. The molecule has 40 heavy (non-hydrogen) atoms. The van der Waals surface area contributed by atoms with Gasteiger partial charge in [-0.05, 0) is 61.9 Å². The highest BCUT2D eigenvalue weighted by Gasteiger charge is 2.45. The van der Waals surface area contributed by atoms with Crippen molar-refractivity contribution >= 4 is 17.7 Å². The van der Waals surface area contributed by atoms with Crippen LogP contribution >= 0.6 is 0 Å². The topological polar surface area (TPSA) is 115 Å².